The highest BCUT2D eigenvalue weighted by molar-refractivity contribution is 5.97. The average molecular weight is 352 g/mol. The zero-order valence-corrected chi connectivity index (χ0v) is 14.9. The van der Waals surface area contributed by atoms with E-state index in [4.69, 9.17) is 0 Å². The van der Waals surface area contributed by atoms with Gasteiger partial charge >= 0.3 is 0 Å². The Balaban J connectivity index is 1.91. The van der Waals surface area contributed by atoms with Gasteiger partial charge in [0.2, 0.25) is 5.91 Å². The van der Waals surface area contributed by atoms with Crippen molar-refractivity contribution in [1.29, 1.82) is 0 Å². The molecule has 0 bridgehead atoms. The molecule has 2 heterocycles. The third kappa shape index (κ3) is 3.54. The van der Waals surface area contributed by atoms with Crippen molar-refractivity contribution >= 4 is 11.6 Å². The molecule has 1 aromatic carbocycles. The van der Waals surface area contributed by atoms with Crippen molar-refractivity contribution in [3.63, 3.8) is 0 Å². The minimum Gasteiger partial charge on any atom is -0.507 e. The van der Waals surface area contributed by atoms with Crippen LogP contribution in [0.25, 0.3) is 0 Å². The van der Waals surface area contributed by atoms with Crippen molar-refractivity contribution in [1.82, 2.24) is 14.8 Å². The first-order chi connectivity index (χ1) is 12.7. The second-order valence-corrected chi connectivity index (χ2v) is 6.44. The number of phenols is 1. The number of hydrogen-bond acceptors (Lipinski definition) is 4. The van der Waals surface area contributed by atoms with Gasteiger partial charge in [0.15, 0.2) is 0 Å². The summed E-state index contributed by atoms with van der Waals surface area (Å²) in [6, 6.07) is 1.94. The minimum atomic E-state index is 0.126. The monoisotopic (exact) mass is 352 g/mol. The van der Waals surface area contributed by atoms with Gasteiger partial charge in [0.25, 0.3) is 0 Å². The van der Waals surface area contributed by atoms with Crippen molar-refractivity contribution in [3.05, 3.63) is 60.7 Å². The van der Waals surface area contributed by atoms with Crippen LogP contribution in [0.4, 0.5) is 5.69 Å². The Morgan fingerprint density at radius 3 is 2.54 bits per heavy atom. The Morgan fingerprint density at radius 1 is 1.12 bits per heavy atom. The van der Waals surface area contributed by atoms with Gasteiger partial charge in [0.05, 0.1) is 0 Å². The van der Waals surface area contributed by atoms with Crippen molar-refractivity contribution in [3.8, 4) is 5.75 Å². The van der Waals surface area contributed by atoms with Crippen LogP contribution in [0.5, 0.6) is 5.75 Å². The van der Waals surface area contributed by atoms with Gasteiger partial charge in [0, 0.05) is 30.8 Å². The molecule has 0 saturated carbocycles. The predicted octanol–water partition coefficient (Wildman–Crippen LogP) is 2.81. The molecule has 2 aromatic rings. The molecule has 0 fully saturated rings. The number of nitrogens with zero attached hydrogens (tertiary/aromatic N) is 4. The van der Waals surface area contributed by atoms with Crippen molar-refractivity contribution < 1.29 is 9.90 Å². The van der Waals surface area contributed by atoms with Crippen molar-refractivity contribution in [2.75, 3.05) is 11.4 Å². The largest absolute Gasteiger partial charge is 0.507 e. The Hall–Kier alpha value is -2.89. The van der Waals surface area contributed by atoms with Crippen LogP contribution in [0.15, 0.2) is 44.0 Å². The molecule has 6 nitrogen and oxygen atoms in total. The van der Waals surface area contributed by atoms with Gasteiger partial charge in [-0.05, 0) is 42.9 Å². The number of rotatable bonds is 8. The first kappa shape index (κ1) is 17.9. The van der Waals surface area contributed by atoms with Crippen molar-refractivity contribution in [2.45, 2.75) is 38.6 Å². The van der Waals surface area contributed by atoms with Crippen LogP contribution in [0.3, 0.4) is 0 Å². The van der Waals surface area contributed by atoms with Gasteiger partial charge in [-0.15, -0.1) is 23.4 Å². The summed E-state index contributed by atoms with van der Waals surface area (Å²) < 4.78 is 1.90. The van der Waals surface area contributed by atoms with Crippen LogP contribution in [0.1, 0.15) is 29.5 Å². The lowest BCUT2D eigenvalue weighted by Gasteiger charge is -2.32. The van der Waals surface area contributed by atoms with E-state index in [2.05, 4.69) is 23.4 Å². The van der Waals surface area contributed by atoms with Crippen LogP contribution in [-0.4, -0.2) is 32.3 Å². The molecule has 0 spiro atoms. The molecule has 1 amide bonds. The number of aromatic hydroxyl groups is 1. The van der Waals surface area contributed by atoms with E-state index in [1.54, 1.807) is 24.8 Å². The Kier molecular flexibility index (Phi) is 5.51. The zero-order valence-electron chi connectivity index (χ0n) is 14.9. The third-order valence-corrected chi connectivity index (χ3v) is 4.73. The molecule has 0 saturated heterocycles. The third-order valence-electron chi connectivity index (χ3n) is 4.73. The first-order valence-electron chi connectivity index (χ1n) is 8.86. The average Bonchev–Trinajstić information content (AvgIpc) is 3.14. The Morgan fingerprint density at radius 2 is 1.85 bits per heavy atom. The van der Waals surface area contributed by atoms with E-state index >= 15 is 0 Å². The molecule has 0 unspecified atom stereocenters. The van der Waals surface area contributed by atoms with Gasteiger partial charge < -0.3 is 14.6 Å². The van der Waals surface area contributed by atoms with Gasteiger partial charge in [-0.25, -0.2) is 0 Å². The summed E-state index contributed by atoms with van der Waals surface area (Å²) in [5.41, 5.74) is 3.65. The lowest BCUT2D eigenvalue weighted by Crippen LogP contribution is -2.36. The number of benzene rings is 1. The minimum absolute atomic E-state index is 0.126. The maximum absolute atomic E-state index is 12.6. The molecule has 1 aliphatic rings. The van der Waals surface area contributed by atoms with E-state index in [-0.39, 0.29) is 5.91 Å². The molecule has 3 rings (SSSR count). The molecule has 0 atom stereocenters. The van der Waals surface area contributed by atoms with E-state index in [9.17, 15) is 9.90 Å². The van der Waals surface area contributed by atoms with Crippen LogP contribution in [-0.2, 0) is 30.6 Å². The number of phenolic OH excluding ortho intramolecular Hbond substituents is 1. The van der Waals surface area contributed by atoms with E-state index in [0.717, 1.165) is 35.3 Å². The SMILES string of the molecule is C=CCc1cc2c(c(CC=C)c1O)CCC(=O)N2CCCn1cnnc1. The highest BCUT2D eigenvalue weighted by atomic mass is 16.3. The number of carbonyl (C=O) groups is 1. The fraction of sp³-hybridized carbons (Fsp3) is 0.350. The quantitative estimate of drug-likeness (QED) is 0.742. The van der Waals surface area contributed by atoms with Crippen molar-refractivity contribution in [2.24, 2.45) is 0 Å². The number of fused-ring (bicyclic) bond motifs is 1. The summed E-state index contributed by atoms with van der Waals surface area (Å²) >= 11 is 0. The fourth-order valence-electron chi connectivity index (χ4n) is 3.50. The number of amides is 1. The second-order valence-electron chi connectivity index (χ2n) is 6.44. The highest BCUT2D eigenvalue weighted by Gasteiger charge is 2.28. The molecule has 6 heteroatoms. The summed E-state index contributed by atoms with van der Waals surface area (Å²) in [4.78, 5) is 14.4. The number of aromatic nitrogens is 3. The van der Waals surface area contributed by atoms with E-state index < -0.39 is 0 Å². The van der Waals surface area contributed by atoms with E-state index in [0.29, 0.717) is 38.0 Å². The first-order valence-corrected chi connectivity index (χ1v) is 8.86. The van der Waals surface area contributed by atoms with Crippen LogP contribution in [0.2, 0.25) is 0 Å². The topological polar surface area (TPSA) is 71.2 Å². The maximum atomic E-state index is 12.6. The molecule has 1 N–H and O–H groups in total. The lowest BCUT2D eigenvalue weighted by atomic mass is 9.90. The number of allylic oxidation sites excluding steroid dienone is 2. The highest BCUT2D eigenvalue weighted by Crippen LogP contribution is 2.39. The van der Waals surface area contributed by atoms with Crippen LogP contribution < -0.4 is 4.90 Å². The maximum Gasteiger partial charge on any atom is 0.227 e. The summed E-state index contributed by atoms with van der Waals surface area (Å²) in [6.07, 6.45) is 9.97. The number of carbonyl (C=O) groups excluding carboxylic acids is 1. The number of hydrogen-bond donors (Lipinski definition) is 1. The van der Waals surface area contributed by atoms with Crippen LogP contribution >= 0.6 is 0 Å². The Labute approximate surface area is 153 Å². The smallest absolute Gasteiger partial charge is 0.227 e. The van der Waals surface area contributed by atoms with E-state index in [1.165, 1.54) is 0 Å². The second kappa shape index (κ2) is 7.99. The molecule has 136 valence electrons. The summed E-state index contributed by atoms with van der Waals surface area (Å²) in [7, 11) is 0. The number of aryl methyl sites for hydroxylation is 1. The molecule has 26 heavy (non-hydrogen) atoms. The standard InChI is InChI=1S/C20H24N4O2/c1-3-6-15-12-18-16(17(7-4-2)20(15)26)8-9-19(25)24(18)11-5-10-23-13-21-22-14-23/h3-4,12-14,26H,1-2,5-11H2. The Bertz CT molecular complexity index is 812. The molecule has 0 radical (unpaired) electrons. The summed E-state index contributed by atoms with van der Waals surface area (Å²) in [5.74, 6) is 0.434. The molecular formula is C20H24N4O2. The zero-order chi connectivity index (χ0) is 18.5. The van der Waals surface area contributed by atoms with Gasteiger partial charge in [-0.3, -0.25) is 4.79 Å². The van der Waals surface area contributed by atoms with E-state index in [1.807, 2.05) is 15.5 Å². The van der Waals surface area contributed by atoms with Gasteiger partial charge in [-0.2, -0.15) is 0 Å². The number of anilines is 1. The molecular weight excluding hydrogens is 328 g/mol. The molecule has 0 aliphatic carbocycles. The molecule has 1 aliphatic heterocycles. The lowest BCUT2D eigenvalue weighted by molar-refractivity contribution is -0.118. The van der Waals surface area contributed by atoms with Gasteiger partial charge in [-0.1, -0.05) is 12.2 Å². The normalized spacial score (nSPS) is 13.5. The fourth-order valence-corrected chi connectivity index (χ4v) is 3.50. The summed E-state index contributed by atoms with van der Waals surface area (Å²) in [5, 5.41) is 18.2. The van der Waals surface area contributed by atoms with Crippen LogP contribution in [0, 0.1) is 0 Å². The molecule has 1 aromatic heterocycles. The van der Waals surface area contributed by atoms with Gasteiger partial charge in [0.1, 0.15) is 18.4 Å². The summed E-state index contributed by atoms with van der Waals surface area (Å²) in [6.45, 7) is 8.95. The predicted molar refractivity (Wildman–Crippen MR) is 101 cm³/mol.